The fourth-order valence-electron chi connectivity index (χ4n) is 1.82. The van der Waals surface area contributed by atoms with Crippen molar-refractivity contribution in [2.45, 2.75) is 6.92 Å². The molecule has 0 radical (unpaired) electrons. The van der Waals surface area contributed by atoms with E-state index in [9.17, 15) is 0 Å². The van der Waals surface area contributed by atoms with Gasteiger partial charge in [-0.05, 0) is 31.2 Å². The van der Waals surface area contributed by atoms with Gasteiger partial charge in [-0.2, -0.15) is 5.10 Å². The molecule has 104 valence electrons. The molecule has 6 heteroatoms. The van der Waals surface area contributed by atoms with Gasteiger partial charge in [-0.3, -0.25) is 0 Å². The third-order valence-corrected chi connectivity index (χ3v) is 3.02. The van der Waals surface area contributed by atoms with E-state index in [0.717, 1.165) is 17.0 Å². The third-order valence-electron chi connectivity index (χ3n) is 2.78. The van der Waals surface area contributed by atoms with Crippen molar-refractivity contribution in [1.82, 2.24) is 9.97 Å². The fraction of sp³-hybridized carbons (Fsp3) is 0.214. The Hall–Kier alpha value is -2.14. The van der Waals surface area contributed by atoms with E-state index in [0.29, 0.717) is 11.0 Å². The van der Waals surface area contributed by atoms with E-state index in [2.05, 4.69) is 20.4 Å². The molecular weight excluding hydrogens is 274 g/mol. The van der Waals surface area contributed by atoms with E-state index in [-0.39, 0.29) is 0 Å². The lowest BCUT2D eigenvalue weighted by molar-refractivity contribution is 0.928. The molecule has 2 rings (SSSR count). The van der Waals surface area contributed by atoms with Crippen LogP contribution in [0.2, 0.25) is 5.02 Å². The maximum absolute atomic E-state index is 6.05. The molecule has 0 amide bonds. The average molecular weight is 290 g/mol. The quantitative estimate of drug-likeness (QED) is 0.694. The lowest BCUT2D eigenvalue weighted by atomic mass is 10.1. The average Bonchev–Trinajstić information content (AvgIpc) is 2.48. The van der Waals surface area contributed by atoms with Gasteiger partial charge in [0.1, 0.15) is 0 Å². The van der Waals surface area contributed by atoms with E-state index in [4.69, 9.17) is 11.6 Å². The lowest BCUT2D eigenvalue weighted by Gasteiger charge is -2.14. The van der Waals surface area contributed by atoms with Crippen molar-refractivity contribution in [3.8, 4) is 0 Å². The molecule has 0 saturated heterocycles. The number of hydrogen-bond acceptors (Lipinski definition) is 5. The molecule has 0 aliphatic carbocycles. The second kappa shape index (κ2) is 6.34. The molecule has 0 aliphatic rings. The van der Waals surface area contributed by atoms with Crippen molar-refractivity contribution in [1.29, 1.82) is 0 Å². The number of aromatic nitrogens is 2. The molecule has 0 unspecified atom stereocenters. The van der Waals surface area contributed by atoms with E-state index in [1.165, 1.54) is 0 Å². The molecule has 0 atom stereocenters. The van der Waals surface area contributed by atoms with Crippen LogP contribution in [0.4, 0.5) is 11.6 Å². The molecular formula is C14H16ClN5. The number of hydrazone groups is 1. The summed E-state index contributed by atoms with van der Waals surface area (Å²) in [5.74, 6) is 0.542. The minimum absolute atomic E-state index is 0.542. The molecule has 0 saturated carbocycles. The molecule has 5 nitrogen and oxygen atoms in total. The summed E-state index contributed by atoms with van der Waals surface area (Å²) in [6.45, 7) is 1.92. The molecule has 1 aromatic heterocycles. The van der Waals surface area contributed by atoms with Crippen molar-refractivity contribution in [3.05, 3.63) is 47.2 Å². The summed E-state index contributed by atoms with van der Waals surface area (Å²) in [4.78, 5) is 8.30. The highest BCUT2D eigenvalue weighted by Gasteiger charge is 2.08. The van der Waals surface area contributed by atoms with Crippen LogP contribution in [0.15, 0.2) is 41.8 Å². The smallest absolute Gasteiger partial charge is 0.245 e. The topological polar surface area (TPSA) is 53.4 Å². The van der Waals surface area contributed by atoms with E-state index in [1.54, 1.807) is 23.5 Å². The van der Waals surface area contributed by atoms with Crippen LogP contribution in [0.3, 0.4) is 0 Å². The lowest BCUT2D eigenvalue weighted by Crippen LogP contribution is -2.15. The number of halogens is 1. The zero-order valence-electron chi connectivity index (χ0n) is 11.6. The zero-order chi connectivity index (χ0) is 14.5. The van der Waals surface area contributed by atoms with Crippen LogP contribution in [0.25, 0.3) is 0 Å². The van der Waals surface area contributed by atoms with E-state index < -0.39 is 0 Å². The van der Waals surface area contributed by atoms with Crippen LogP contribution in [-0.4, -0.2) is 29.8 Å². The van der Waals surface area contributed by atoms with Crippen LogP contribution >= 0.6 is 11.6 Å². The van der Waals surface area contributed by atoms with Crippen molar-refractivity contribution >= 4 is 28.9 Å². The first-order valence-corrected chi connectivity index (χ1v) is 6.53. The predicted molar refractivity (Wildman–Crippen MR) is 83.6 cm³/mol. The van der Waals surface area contributed by atoms with Gasteiger partial charge >= 0.3 is 0 Å². The number of rotatable bonds is 4. The monoisotopic (exact) mass is 289 g/mol. The van der Waals surface area contributed by atoms with Gasteiger partial charge in [0, 0.05) is 42.8 Å². The van der Waals surface area contributed by atoms with Crippen molar-refractivity contribution in [3.63, 3.8) is 0 Å². The van der Waals surface area contributed by atoms with Gasteiger partial charge in [-0.25, -0.2) is 15.0 Å². The third kappa shape index (κ3) is 3.24. The Morgan fingerprint density at radius 3 is 2.65 bits per heavy atom. The molecule has 20 heavy (non-hydrogen) atoms. The van der Waals surface area contributed by atoms with E-state index in [1.807, 2.05) is 39.2 Å². The minimum atomic E-state index is 0.542. The van der Waals surface area contributed by atoms with Gasteiger partial charge in [0.2, 0.25) is 5.95 Å². The van der Waals surface area contributed by atoms with Crippen LogP contribution in [0.1, 0.15) is 12.5 Å². The summed E-state index contributed by atoms with van der Waals surface area (Å²) in [7, 11) is 3.67. The van der Waals surface area contributed by atoms with Gasteiger partial charge in [-0.15, -0.1) is 0 Å². The minimum Gasteiger partial charge on any atom is -0.388 e. The van der Waals surface area contributed by atoms with E-state index >= 15 is 0 Å². The molecule has 1 heterocycles. The Labute approximate surface area is 123 Å². The number of hydrogen-bond donors (Lipinski definition) is 1. The predicted octanol–water partition coefficient (Wildman–Crippen LogP) is 3.03. The summed E-state index contributed by atoms with van der Waals surface area (Å²) >= 11 is 6.05. The van der Waals surface area contributed by atoms with Crippen molar-refractivity contribution in [2.24, 2.45) is 5.10 Å². The van der Waals surface area contributed by atoms with Crippen LogP contribution in [0, 0.1) is 0 Å². The first kappa shape index (κ1) is 14.3. The molecule has 1 N–H and O–H groups in total. The summed E-state index contributed by atoms with van der Waals surface area (Å²) < 4.78 is 0. The van der Waals surface area contributed by atoms with Crippen LogP contribution in [-0.2, 0) is 0 Å². The zero-order valence-corrected chi connectivity index (χ0v) is 12.4. The number of nitrogens with one attached hydrogen (secondary N) is 1. The summed E-state index contributed by atoms with van der Waals surface area (Å²) in [5.41, 5.74) is 2.74. The van der Waals surface area contributed by atoms with Gasteiger partial charge in [0.05, 0.1) is 5.71 Å². The summed E-state index contributed by atoms with van der Waals surface area (Å²) in [6.07, 6.45) is 3.37. The number of benzene rings is 1. The highest BCUT2D eigenvalue weighted by atomic mass is 35.5. The van der Waals surface area contributed by atoms with Crippen molar-refractivity contribution < 1.29 is 0 Å². The maximum Gasteiger partial charge on any atom is 0.245 e. The van der Waals surface area contributed by atoms with Crippen molar-refractivity contribution in [2.75, 3.05) is 24.4 Å². The Balaban J connectivity index is 2.33. The Morgan fingerprint density at radius 2 is 2.00 bits per heavy atom. The first-order valence-electron chi connectivity index (χ1n) is 6.15. The molecule has 2 aromatic rings. The Morgan fingerprint density at radius 1 is 1.30 bits per heavy atom. The molecule has 0 aliphatic heterocycles. The highest BCUT2D eigenvalue weighted by molar-refractivity contribution is 6.31. The second-order valence-electron chi connectivity index (χ2n) is 4.20. The largest absolute Gasteiger partial charge is 0.388 e. The van der Waals surface area contributed by atoms with Crippen LogP contribution < -0.4 is 10.3 Å². The molecule has 1 aromatic carbocycles. The standard InChI is InChI=1S/C14H16ClN5/c1-10(12-9-11(15)5-6-13(12)16-2)19-20(3)14-17-7-4-8-18-14/h4-9,16H,1-3H3/b19-10+. The summed E-state index contributed by atoms with van der Waals surface area (Å²) in [5, 5.41) is 9.93. The first-order chi connectivity index (χ1) is 9.61. The SMILES string of the molecule is CNc1ccc(Cl)cc1/C(C)=N/N(C)c1ncccn1. The van der Waals surface area contributed by atoms with Gasteiger partial charge in [-0.1, -0.05) is 11.6 Å². The summed E-state index contributed by atoms with van der Waals surface area (Å²) in [6, 6.07) is 7.42. The maximum atomic E-state index is 6.05. The number of nitrogens with zero attached hydrogens (tertiary/aromatic N) is 4. The Bertz CT molecular complexity index is 612. The normalized spacial score (nSPS) is 11.3. The molecule has 0 bridgehead atoms. The number of anilines is 2. The fourth-order valence-corrected chi connectivity index (χ4v) is 1.99. The van der Waals surface area contributed by atoms with Crippen LogP contribution in [0.5, 0.6) is 0 Å². The van der Waals surface area contributed by atoms with Gasteiger partial charge < -0.3 is 5.32 Å². The molecule has 0 fully saturated rings. The van der Waals surface area contributed by atoms with Gasteiger partial charge in [0.15, 0.2) is 0 Å². The van der Waals surface area contributed by atoms with Gasteiger partial charge in [0.25, 0.3) is 0 Å². The Kier molecular flexibility index (Phi) is 4.53. The second-order valence-corrected chi connectivity index (χ2v) is 4.63. The molecule has 0 spiro atoms. The highest BCUT2D eigenvalue weighted by Crippen LogP contribution is 2.21.